The van der Waals surface area contributed by atoms with Gasteiger partial charge in [0.05, 0.1) is 16.8 Å². The predicted octanol–water partition coefficient (Wildman–Crippen LogP) is 5.66. The van der Waals surface area contributed by atoms with Gasteiger partial charge in [-0.25, -0.2) is 16.8 Å². The van der Waals surface area contributed by atoms with Crippen molar-refractivity contribution in [3.63, 3.8) is 0 Å². The molecule has 0 fully saturated rings. The molecule has 0 saturated heterocycles. The minimum atomic E-state index is -3.97. The van der Waals surface area contributed by atoms with E-state index in [2.05, 4.69) is 0 Å². The van der Waals surface area contributed by atoms with E-state index in [1.165, 1.54) is 10.2 Å². The van der Waals surface area contributed by atoms with Crippen molar-refractivity contribution in [1.29, 1.82) is 0 Å². The van der Waals surface area contributed by atoms with Crippen LogP contribution in [0.5, 0.6) is 5.75 Å². The quantitative estimate of drug-likeness (QED) is 0.242. The summed E-state index contributed by atoms with van der Waals surface area (Å²) >= 11 is 0. The molecule has 1 heterocycles. The van der Waals surface area contributed by atoms with E-state index in [1.54, 1.807) is 84.9 Å². The van der Waals surface area contributed by atoms with Crippen molar-refractivity contribution in [2.75, 3.05) is 0 Å². The summed E-state index contributed by atoms with van der Waals surface area (Å²) in [5.41, 5.74) is 9.22. The minimum absolute atomic E-state index is 0.00642. The van der Waals surface area contributed by atoms with Gasteiger partial charge in [0.2, 0.25) is 0 Å². The molecule has 0 aliphatic carbocycles. The summed E-state index contributed by atoms with van der Waals surface area (Å²) in [6.45, 7) is 1.88. The molecule has 3 N–H and O–H groups in total. The Morgan fingerprint density at radius 2 is 1.68 bits per heavy atom. The highest BCUT2D eigenvalue weighted by Crippen LogP contribution is 2.35. The van der Waals surface area contributed by atoms with Crippen molar-refractivity contribution in [3.05, 3.63) is 119 Å². The van der Waals surface area contributed by atoms with E-state index in [0.717, 1.165) is 5.56 Å². The smallest absolute Gasteiger partial charge is 0.307 e. The number of benzene rings is 4. The molecule has 0 saturated carbocycles. The van der Waals surface area contributed by atoms with Crippen LogP contribution in [0.4, 0.5) is 4.39 Å². The Bertz CT molecular complexity index is 1830. The molecule has 0 aliphatic rings. The first-order chi connectivity index (χ1) is 19.2. The van der Waals surface area contributed by atoms with Gasteiger partial charge in [-0.2, -0.15) is 0 Å². The minimum Gasteiger partial charge on any atom is -0.489 e. The SMILES string of the molecule is Cc1ccc(S(=O)(=O)n2ccc3c(-c4cccc(CN)c4F)cc(COc4ccccc4CC(=O)O)cc32)cc1. The number of ether oxygens (including phenoxy) is 1. The first-order valence-corrected chi connectivity index (χ1v) is 14.0. The Hall–Kier alpha value is -4.47. The fraction of sp³-hybridized carbons (Fsp3) is 0.129. The number of nitrogens with two attached hydrogens (primary N) is 1. The molecule has 0 amide bonds. The van der Waals surface area contributed by atoms with Crippen LogP contribution < -0.4 is 10.5 Å². The molecule has 0 spiro atoms. The number of carboxylic acid groups (broad SMARTS) is 1. The number of hydrogen-bond donors (Lipinski definition) is 2. The Morgan fingerprint density at radius 3 is 2.40 bits per heavy atom. The van der Waals surface area contributed by atoms with E-state index in [9.17, 15) is 18.3 Å². The van der Waals surface area contributed by atoms with Gasteiger partial charge in [0, 0.05) is 34.8 Å². The van der Waals surface area contributed by atoms with E-state index in [1.807, 2.05) is 6.92 Å². The lowest BCUT2D eigenvalue weighted by atomic mass is 9.97. The maximum absolute atomic E-state index is 15.5. The summed E-state index contributed by atoms with van der Waals surface area (Å²) < 4.78 is 50.0. The van der Waals surface area contributed by atoms with E-state index in [0.29, 0.717) is 38.9 Å². The van der Waals surface area contributed by atoms with Gasteiger partial charge in [0.1, 0.15) is 18.2 Å². The third kappa shape index (κ3) is 5.21. The second-order valence-electron chi connectivity index (χ2n) is 9.46. The Balaban J connectivity index is 1.66. The van der Waals surface area contributed by atoms with Gasteiger partial charge in [-0.1, -0.05) is 54.1 Å². The lowest BCUT2D eigenvalue weighted by Gasteiger charge is -2.15. The van der Waals surface area contributed by atoms with Crippen LogP contribution in [0.15, 0.2) is 96.0 Å². The molecular formula is C31H27FN2O5S. The van der Waals surface area contributed by atoms with Gasteiger partial charge in [0.25, 0.3) is 10.0 Å². The Kier molecular flexibility index (Phi) is 7.42. The molecule has 0 unspecified atom stereocenters. The second-order valence-corrected chi connectivity index (χ2v) is 11.3. The van der Waals surface area contributed by atoms with Gasteiger partial charge in [-0.05, 0) is 54.4 Å². The van der Waals surface area contributed by atoms with Crippen molar-refractivity contribution in [2.45, 2.75) is 31.4 Å². The van der Waals surface area contributed by atoms with Crippen molar-refractivity contribution in [2.24, 2.45) is 5.73 Å². The first kappa shape index (κ1) is 27.1. The maximum Gasteiger partial charge on any atom is 0.307 e. The number of nitrogens with zero attached hydrogens (tertiary/aromatic N) is 1. The number of aryl methyl sites for hydroxylation is 1. The van der Waals surface area contributed by atoms with Gasteiger partial charge in [-0.3, -0.25) is 4.79 Å². The molecule has 9 heteroatoms. The van der Waals surface area contributed by atoms with Crippen molar-refractivity contribution in [3.8, 4) is 16.9 Å². The number of aliphatic carboxylic acids is 1. The van der Waals surface area contributed by atoms with E-state index in [-0.39, 0.29) is 30.0 Å². The third-order valence-corrected chi connectivity index (χ3v) is 8.41. The summed E-state index contributed by atoms with van der Waals surface area (Å²) in [7, 11) is -3.97. The predicted molar refractivity (Wildman–Crippen MR) is 151 cm³/mol. The molecule has 5 rings (SSSR count). The van der Waals surface area contributed by atoms with Crippen molar-refractivity contribution in [1.82, 2.24) is 3.97 Å². The van der Waals surface area contributed by atoms with Gasteiger partial charge in [-0.15, -0.1) is 0 Å². The Morgan fingerprint density at radius 1 is 0.950 bits per heavy atom. The largest absolute Gasteiger partial charge is 0.489 e. The zero-order valence-electron chi connectivity index (χ0n) is 21.7. The summed E-state index contributed by atoms with van der Waals surface area (Å²) in [5.74, 6) is -1.08. The Labute approximate surface area is 231 Å². The second kappa shape index (κ2) is 11.0. The number of rotatable bonds is 9. The van der Waals surface area contributed by atoms with Gasteiger partial charge in [0.15, 0.2) is 0 Å². The van der Waals surface area contributed by atoms with Crippen LogP contribution in [0.2, 0.25) is 0 Å². The van der Waals surface area contributed by atoms with Crippen LogP contribution in [0.25, 0.3) is 22.0 Å². The molecule has 0 bridgehead atoms. The molecule has 7 nitrogen and oxygen atoms in total. The van der Waals surface area contributed by atoms with Crippen LogP contribution in [-0.4, -0.2) is 23.5 Å². The van der Waals surface area contributed by atoms with E-state index >= 15 is 4.39 Å². The molecule has 0 aliphatic heterocycles. The average molecular weight is 559 g/mol. The lowest BCUT2D eigenvalue weighted by molar-refractivity contribution is -0.136. The summed E-state index contributed by atoms with van der Waals surface area (Å²) in [6, 6.07) is 23.4. The summed E-state index contributed by atoms with van der Waals surface area (Å²) in [5, 5.41) is 9.80. The van der Waals surface area contributed by atoms with Crippen LogP contribution in [0, 0.1) is 12.7 Å². The number of fused-ring (bicyclic) bond motifs is 1. The average Bonchev–Trinajstić information content (AvgIpc) is 3.37. The number of carboxylic acids is 1. The molecule has 0 radical (unpaired) electrons. The summed E-state index contributed by atoms with van der Waals surface area (Å²) in [6.07, 6.45) is 1.25. The van der Waals surface area contributed by atoms with Crippen LogP contribution in [0.1, 0.15) is 22.3 Å². The number of para-hydroxylation sites is 1. The van der Waals surface area contributed by atoms with Gasteiger partial charge >= 0.3 is 5.97 Å². The summed E-state index contributed by atoms with van der Waals surface area (Å²) in [4.78, 5) is 11.4. The first-order valence-electron chi connectivity index (χ1n) is 12.6. The zero-order valence-corrected chi connectivity index (χ0v) is 22.5. The molecule has 5 aromatic rings. The van der Waals surface area contributed by atoms with Crippen LogP contribution in [0.3, 0.4) is 0 Å². The fourth-order valence-electron chi connectivity index (χ4n) is 4.68. The molecule has 0 atom stereocenters. The number of halogens is 1. The monoisotopic (exact) mass is 558 g/mol. The third-order valence-electron chi connectivity index (χ3n) is 6.71. The lowest BCUT2D eigenvalue weighted by Crippen LogP contribution is -2.12. The molecule has 4 aromatic carbocycles. The van der Waals surface area contributed by atoms with Crippen LogP contribution >= 0.6 is 0 Å². The normalized spacial score (nSPS) is 11.6. The molecule has 1 aromatic heterocycles. The maximum atomic E-state index is 15.5. The number of carbonyl (C=O) groups is 1. The topological polar surface area (TPSA) is 112 Å². The van der Waals surface area contributed by atoms with Gasteiger partial charge < -0.3 is 15.6 Å². The highest BCUT2D eigenvalue weighted by Gasteiger charge is 2.22. The highest BCUT2D eigenvalue weighted by molar-refractivity contribution is 7.90. The van der Waals surface area contributed by atoms with Crippen LogP contribution in [-0.2, 0) is 34.4 Å². The molecule has 40 heavy (non-hydrogen) atoms. The number of hydrogen-bond acceptors (Lipinski definition) is 5. The molecule has 204 valence electrons. The standard InChI is InChI=1S/C31H27FN2O5S/c1-20-9-11-24(12-10-20)40(37,38)34-14-13-25-27(26-7-4-6-23(18-33)31(26)32)15-21(16-28(25)34)19-39-29-8-3-2-5-22(29)17-30(35)36/h2-16H,17-19,33H2,1H3,(H,35,36). The number of aromatic nitrogens is 1. The van der Waals surface area contributed by atoms with E-state index < -0.39 is 21.8 Å². The highest BCUT2D eigenvalue weighted by atomic mass is 32.2. The van der Waals surface area contributed by atoms with Crippen molar-refractivity contribution < 1.29 is 27.4 Å². The van der Waals surface area contributed by atoms with E-state index in [4.69, 9.17) is 10.5 Å². The van der Waals surface area contributed by atoms with Crippen molar-refractivity contribution >= 4 is 26.9 Å². The molecular weight excluding hydrogens is 531 g/mol. The zero-order chi connectivity index (χ0) is 28.4. The fourth-order valence-corrected chi connectivity index (χ4v) is 6.01.